The lowest BCUT2D eigenvalue weighted by atomic mass is 10.2. The highest BCUT2D eigenvalue weighted by Crippen LogP contribution is 2.33. The molecule has 0 spiro atoms. The Morgan fingerprint density at radius 2 is 2.15 bits per heavy atom. The number of thiophene rings is 1. The number of rotatable bonds is 8. The fourth-order valence-electron chi connectivity index (χ4n) is 1.70. The first-order valence-electron chi connectivity index (χ1n) is 6.21. The van der Waals surface area contributed by atoms with E-state index >= 15 is 0 Å². The molecule has 1 aromatic heterocycles. The van der Waals surface area contributed by atoms with Gasteiger partial charge in [0.05, 0.1) is 17.0 Å². The van der Waals surface area contributed by atoms with Gasteiger partial charge >= 0.3 is 0 Å². The van der Waals surface area contributed by atoms with E-state index in [9.17, 15) is 8.42 Å². The molecular weight excluding hydrogens is 366 g/mol. The summed E-state index contributed by atoms with van der Waals surface area (Å²) in [5.74, 6) is 0.219. The maximum atomic E-state index is 12.7. The Kier molecular flexibility index (Phi) is 7.10. The first kappa shape index (κ1) is 18.1. The Bertz CT molecular complexity index is 528. The van der Waals surface area contributed by atoms with Gasteiger partial charge in [-0.2, -0.15) is 4.31 Å². The zero-order valence-electron chi connectivity index (χ0n) is 11.8. The summed E-state index contributed by atoms with van der Waals surface area (Å²) in [7, 11) is -2.04. The van der Waals surface area contributed by atoms with E-state index in [1.807, 2.05) is 13.8 Å². The normalized spacial score (nSPS) is 12.6. The third kappa shape index (κ3) is 4.51. The van der Waals surface area contributed by atoms with Crippen molar-refractivity contribution in [3.63, 3.8) is 0 Å². The fourth-order valence-corrected chi connectivity index (χ4v) is 5.78. The van der Waals surface area contributed by atoms with Crippen LogP contribution >= 0.6 is 27.3 Å². The molecule has 0 saturated heterocycles. The summed E-state index contributed by atoms with van der Waals surface area (Å²) in [6.07, 6.45) is 0. The largest absolute Gasteiger partial charge is 0.391 e. The first-order chi connectivity index (χ1) is 9.32. The second-order valence-electron chi connectivity index (χ2n) is 4.76. The summed E-state index contributed by atoms with van der Waals surface area (Å²) in [5.41, 5.74) is 0. The minimum atomic E-state index is -3.58. The smallest absolute Gasteiger partial charge is 0.245 e. The highest BCUT2D eigenvalue weighted by atomic mass is 79.9. The molecule has 0 aliphatic carbocycles. The number of aliphatic hydroxyl groups is 1. The van der Waals surface area contributed by atoms with Crippen LogP contribution in [-0.4, -0.2) is 44.6 Å². The standard InChI is InChI=1S/C12H20BrNO4S2/c1-9(2)7-14(4-5-18-3)20(16,17)11-6-10(8-15)19-12(11)13/h6,9,15H,4-5,7-8H2,1-3H3. The second kappa shape index (κ2) is 7.86. The van der Waals surface area contributed by atoms with Crippen molar-refractivity contribution in [2.45, 2.75) is 25.3 Å². The summed E-state index contributed by atoms with van der Waals surface area (Å²) in [6, 6.07) is 1.52. The molecule has 0 amide bonds. The van der Waals surface area contributed by atoms with Crippen LogP contribution in [0.15, 0.2) is 14.7 Å². The molecule has 116 valence electrons. The summed E-state index contributed by atoms with van der Waals surface area (Å²) in [6.45, 7) is 4.87. The van der Waals surface area contributed by atoms with Crippen LogP contribution in [0, 0.1) is 5.92 Å². The Balaban J connectivity index is 3.10. The molecule has 1 rings (SSSR count). The maximum absolute atomic E-state index is 12.7. The van der Waals surface area contributed by atoms with E-state index in [2.05, 4.69) is 15.9 Å². The minimum Gasteiger partial charge on any atom is -0.391 e. The predicted molar refractivity (Wildman–Crippen MR) is 83.4 cm³/mol. The number of hydrogen-bond donors (Lipinski definition) is 1. The summed E-state index contributed by atoms with van der Waals surface area (Å²) in [5, 5.41) is 9.13. The lowest BCUT2D eigenvalue weighted by Gasteiger charge is -2.23. The molecule has 0 fully saturated rings. The van der Waals surface area contributed by atoms with Crippen molar-refractivity contribution in [1.29, 1.82) is 0 Å². The molecule has 0 aliphatic heterocycles. The number of ether oxygens (including phenoxy) is 1. The summed E-state index contributed by atoms with van der Waals surface area (Å²) in [4.78, 5) is 0.829. The predicted octanol–water partition coefficient (Wildman–Crippen LogP) is 2.30. The Hall–Kier alpha value is 0.01000. The molecule has 0 aliphatic rings. The minimum absolute atomic E-state index is 0.166. The second-order valence-corrected chi connectivity index (χ2v) is 9.12. The first-order valence-corrected chi connectivity index (χ1v) is 9.26. The van der Waals surface area contributed by atoms with E-state index in [-0.39, 0.29) is 17.4 Å². The average Bonchev–Trinajstić information content (AvgIpc) is 2.76. The van der Waals surface area contributed by atoms with Crippen LogP contribution in [0.5, 0.6) is 0 Å². The Labute approximate surface area is 132 Å². The number of nitrogens with zero attached hydrogens (tertiary/aromatic N) is 1. The van der Waals surface area contributed by atoms with Crippen molar-refractivity contribution in [2.75, 3.05) is 26.8 Å². The number of methoxy groups -OCH3 is 1. The van der Waals surface area contributed by atoms with E-state index in [1.54, 1.807) is 7.11 Å². The Morgan fingerprint density at radius 1 is 1.50 bits per heavy atom. The highest BCUT2D eigenvalue weighted by Gasteiger charge is 2.28. The molecule has 0 unspecified atom stereocenters. The molecule has 1 aromatic rings. The van der Waals surface area contributed by atoms with Crippen LogP contribution in [0.25, 0.3) is 0 Å². The highest BCUT2D eigenvalue weighted by molar-refractivity contribution is 9.11. The van der Waals surface area contributed by atoms with E-state index in [1.165, 1.54) is 21.7 Å². The molecule has 1 heterocycles. The van der Waals surface area contributed by atoms with Crippen LogP contribution in [0.3, 0.4) is 0 Å². The quantitative estimate of drug-likeness (QED) is 0.745. The van der Waals surface area contributed by atoms with Crippen molar-refractivity contribution >= 4 is 37.3 Å². The number of sulfonamides is 1. The van der Waals surface area contributed by atoms with E-state index in [4.69, 9.17) is 9.84 Å². The lowest BCUT2D eigenvalue weighted by molar-refractivity contribution is 0.175. The van der Waals surface area contributed by atoms with Gasteiger partial charge in [0.15, 0.2) is 0 Å². The monoisotopic (exact) mass is 385 g/mol. The van der Waals surface area contributed by atoms with Crippen LogP contribution in [0.1, 0.15) is 18.7 Å². The van der Waals surface area contributed by atoms with Gasteiger partial charge in [-0.25, -0.2) is 8.42 Å². The van der Waals surface area contributed by atoms with Gasteiger partial charge in [0.2, 0.25) is 10.0 Å². The lowest BCUT2D eigenvalue weighted by Crippen LogP contribution is -2.36. The molecule has 20 heavy (non-hydrogen) atoms. The van der Waals surface area contributed by atoms with E-state index < -0.39 is 10.0 Å². The molecule has 5 nitrogen and oxygen atoms in total. The van der Waals surface area contributed by atoms with Gasteiger partial charge in [-0.05, 0) is 27.9 Å². The number of hydrogen-bond acceptors (Lipinski definition) is 5. The van der Waals surface area contributed by atoms with Crippen molar-refractivity contribution in [3.8, 4) is 0 Å². The fraction of sp³-hybridized carbons (Fsp3) is 0.667. The molecule has 0 radical (unpaired) electrons. The van der Waals surface area contributed by atoms with Crippen molar-refractivity contribution < 1.29 is 18.3 Å². The van der Waals surface area contributed by atoms with Gasteiger partial charge < -0.3 is 9.84 Å². The van der Waals surface area contributed by atoms with Gasteiger partial charge in [0.1, 0.15) is 4.90 Å². The molecule has 8 heteroatoms. The molecule has 0 aromatic carbocycles. The number of aliphatic hydroxyl groups excluding tert-OH is 1. The molecule has 0 saturated carbocycles. The Morgan fingerprint density at radius 3 is 2.60 bits per heavy atom. The van der Waals surface area contributed by atoms with Gasteiger partial charge in [-0.3, -0.25) is 0 Å². The summed E-state index contributed by atoms with van der Waals surface area (Å²) < 4.78 is 32.3. The van der Waals surface area contributed by atoms with E-state index in [0.717, 1.165) is 0 Å². The zero-order chi connectivity index (χ0) is 15.3. The third-order valence-corrected chi connectivity index (χ3v) is 6.70. The van der Waals surface area contributed by atoms with Gasteiger partial charge in [0.25, 0.3) is 0 Å². The maximum Gasteiger partial charge on any atom is 0.245 e. The molecule has 1 N–H and O–H groups in total. The van der Waals surface area contributed by atoms with Crippen molar-refractivity contribution in [2.24, 2.45) is 5.92 Å². The van der Waals surface area contributed by atoms with E-state index in [0.29, 0.717) is 28.4 Å². The molecule has 0 atom stereocenters. The van der Waals surface area contributed by atoms with Gasteiger partial charge in [-0.1, -0.05) is 13.8 Å². The average molecular weight is 386 g/mol. The molecular formula is C12H20BrNO4S2. The van der Waals surface area contributed by atoms with Crippen LogP contribution in [-0.2, 0) is 21.4 Å². The number of halogens is 1. The van der Waals surface area contributed by atoms with Crippen LogP contribution in [0.4, 0.5) is 0 Å². The van der Waals surface area contributed by atoms with Crippen molar-refractivity contribution in [3.05, 3.63) is 14.7 Å². The summed E-state index contributed by atoms with van der Waals surface area (Å²) >= 11 is 4.50. The SMILES string of the molecule is COCCN(CC(C)C)S(=O)(=O)c1cc(CO)sc1Br. The van der Waals surface area contributed by atoms with Gasteiger partial charge in [-0.15, -0.1) is 11.3 Å². The molecule has 0 bridgehead atoms. The van der Waals surface area contributed by atoms with Crippen LogP contribution < -0.4 is 0 Å². The van der Waals surface area contributed by atoms with Crippen LogP contribution in [0.2, 0.25) is 0 Å². The van der Waals surface area contributed by atoms with Gasteiger partial charge in [0, 0.05) is 25.1 Å². The third-order valence-electron chi connectivity index (χ3n) is 2.59. The zero-order valence-corrected chi connectivity index (χ0v) is 15.0. The topological polar surface area (TPSA) is 66.8 Å². The van der Waals surface area contributed by atoms with Crippen molar-refractivity contribution in [1.82, 2.24) is 4.31 Å².